The molecule has 0 unspecified atom stereocenters. The maximum atomic E-state index is 13.7. The summed E-state index contributed by atoms with van der Waals surface area (Å²) < 4.78 is 25.4. The molecule has 31 heavy (non-hydrogen) atoms. The smallest absolute Gasteiger partial charge is 0.338 e. The minimum atomic E-state index is -0.701. The van der Waals surface area contributed by atoms with Crippen molar-refractivity contribution in [2.24, 2.45) is 4.99 Å². The molecule has 3 aromatic rings. The van der Waals surface area contributed by atoms with Crippen LogP contribution in [0.2, 0.25) is 0 Å². The molecule has 0 spiro atoms. The van der Waals surface area contributed by atoms with Crippen molar-refractivity contribution in [3.63, 3.8) is 0 Å². The Morgan fingerprint density at radius 1 is 1.26 bits per heavy atom. The van der Waals surface area contributed by atoms with Crippen molar-refractivity contribution in [2.75, 3.05) is 19.5 Å². The van der Waals surface area contributed by atoms with E-state index >= 15 is 0 Å². The van der Waals surface area contributed by atoms with E-state index in [0.717, 1.165) is 16.0 Å². The predicted molar refractivity (Wildman–Crippen MR) is 126 cm³/mol. The zero-order chi connectivity index (χ0) is 22.1. The number of aromatic nitrogens is 1. The zero-order valence-corrected chi connectivity index (χ0v) is 20.4. The average molecular weight is 569 g/mol. The van der Waals surface area contributed by atoms with Gasteiger partial charge in [-0.1, -0.05) is 37.9 Å². The number of alkyl halides is 1. The Bertz CT molecular complexity index is 1240. The maximum Gasteiger partial charge on any atom is 0.338 e. The number of rotatable bonds is 5. The summed E-state index contributed by atoms with van der Waals surface area (Å²) >= 11 is 8.30. The molecule has 0 saturated carbocycles. The largest absolute Gasteiger partial charge is 0.497 e. The number of halogens is 3. The summed E-state index contributed by atoms with van der Waals surface area (Å²) in [4.78, 5) is 22.1. The van der Waals surface area contributed by atoms with E-state index < -0.39 is 17.8 Å². The molecular formula is C21H16Br2FN3O3S. The van der Waals surface area contributed by atoms with Gasteiger partial charge >= 0.3 is 5.97 Å². The second-order valence-corrected chi connectivity index (χ2v) is 8.99. The topological polar surface area (TPSA) is 72.8 Å². The van der Waals surface area contributed by atoms with Crippen molar-refractivity contribution in [3.05, 3.63) is 68.5 Å². The number of thiazole rings is 1. The number of nitrogens with zero attached hydrogens (tertiary/aromatic N) is 2. The molecule has 2 aromatic carbocycles. The van der Waals surface area contributed by atoms with E-state index in [0.29, 0.717) is 37.5 Å². The summed E-state index contributed by atoms with van der Waals surface area (Å²) in [5.74, 6) is 0.352. The number of allylic oxidation sites excluding steroid dienone is 1. The highest BCUT2D eigenvalue weighted by Crippen LogP contribution is 2.37. The fourth-order valence-electron chi connectivity index (χ4n) is 3.24. The highest BCUT2D eigenvalue weighted by Gasteiger charge is 2.33. The third kappa shape index (κ3) is 4.24. The lowest BCUT2D eigenvalue weighted by atomic mass is 9.96. The summed E-state index contributed by atoms with van der Waals surface area (Å²) in [6.45, 7) is 0. The van der Waals surface area contributed by atoms with Gasteiger partial charge in [-0.2, -0.15) is 0 Å². The summed E-state index contributed by atoms with van der Waals surface area (Å²) in [6.07, 6.45) is 0. The molecule has 0 saturated heterocycles. The summed E-state index contributed by atoms with van der Waals surface area (Å²) in [5, 5.41) is 4.24. The van der Waals surface area contributed by atoms with Crippen LogP contribution in [0, 0.1) is 5.82 Å². The molecule has 6 nitrogen and oxygen atoms in total. The molecule has 0 amide bonds. The van der Waals surface area contributed by atoms with E-state index in [9.17, 15) is 9.18 Å². The van der Waals surface area contributed by atoms with Crippen LogP contribution in [-0.4, -0.2) is 36.3 Å². The van der Waals surface area contributed by atoms with E-state index in [1.54, 1.807) is 13.2 Å². The predicted octanol–water partition coefficient (Wildman–Crippen LogP) is 5.12. The number of carbonyl (C=O) groups is 1. The minimum absolute atomic E-state index is 0.346. The number of benzene rings is 2. The zero-order valence-electron chi connectivity index (χ0n) is 16.4. The van der Waals surface area contributed by atoms with E-state index in [2.05, 4.69) is 42.2 Å². The van der Waals surface area contributed by atoms with Gasteiger partial charge in [0.2, 0.25) is 0 Å². The van der Waals surface area contributed by atoms with E-state index in [4.69, 9.17) is 14.5 Å². The molecule has 1 aliphatic heterocycles. The molecule has 0 fully saturated rings. The van der Waals surface area contributed by atoms with Gasteiger partial charge in [0.05, 0.1) is 30.0 Å². The molecule has 0 radical (unpaired) electrons. The highest BCUT2D eigenvalue weighted by molar-refractivity contribution is 9.10. The lowest BCUT2D eigenvalue weighted by Gasteiger charge is -2.26. The van der Waals surface area contributed by atoms with Crippen molar-refractivity contribution in [3.8, 4) is 5.75 Å². The molecule has 1 aliphatic rings. The highest BCUT2D eigenvalue weighted by atomic mass is 79.9. The Morgan fingerprint density at radius 3 is 2.74 bits per heavy atom. The van der Waals surface area contributed by atoms with E-state index in [1.807, 2.05) is 18.2 Å². The lowest BCUT2D eigenvalue weighted by molar-refractivity contribution is -0.136. The number of hydrogen-bond acceptors (Lipinski definition) is 7. The number of hydrogen-bond donors (Lipinski definition) is 1. The molecule has 10 heteroatoms. The number of nitrogens with one attached hydrogen (secondary N) is 1. The van der Waals surface area contributed by atoms with Crippen LogP contribution in [0.5, 0.6) is 5.75 Å². The van der Waals surface area contributed by atoms with Crippen molar-refractivity contribution in [1.29, 1.82) is 0 Å². The number of aliphatic imine (C=N–C) groups is 1. The molecular weight excluding hydrogens is 553 g/mol. The number of ether oxygens (including phenoxy) is 2. The van der Waals surface area contributed by atoms with Crippen LogP contribution < -0.4 is 10.1 Å². The monoisotopic (exact) mass is 567 g/mol. The van der Waals surface area contributed by atoms with Gasteiger partial charge < -0.3 is 14.8 Å². The maximum absolute atomic E-state index is 13.7. The van der Waals surface area contributed by atoms with Gasteiger partial charge in [-0.05, 0) is 35.9 Å². The van der Waals surface area contributed by atoms with Crippen LogP contribution in [-0.2, 0) is 9.53 Å². The first-order valence-corrected chi connectivity index (χ1v) is 11.8. The van der Waals surface area contributed by atoms with Crippen LogP contribution in [0.1, 0.15) is 16.6 Å². The molecule has 0 bridgehead atoms. The Morgan fingerprint density at radius 2 is 2.06 bits per heavy atom. The fraction of sp³-hybridized carbons (Fsp3) is 0.190. The second-order valence-electron chi connectivity index (χ2n) is 6.54. The normalized spacial score (nSPS) is 16.2. The number of amidine groups is 1. The molecule has 4 rings (SSSR count). The van der Waals surface area contributed by atoms with Crippen molar-refractivity contribution in [1.82, 2.24) is 10.3 Å². The van der Waals surface area contributed by atoms with Gasteiger partial charge in [-0.15, -0.1) is 11.3 Å². The molecule has 1 aromatic heterocycles. The summed E-state index contributed by atoms with van der Waals surface area (Å²) in [7, 11) is 2.93. The third-order valence-electron chi connectivity index (χ3n) is 4.72. The van der Waals surface area contributed by atoms with Crippen LogP contribution in [0.4, 0.5) is 4.39 Å². The number of methoxy groups -OCH3 is 2. The third-order valence-corrected chi connectivity index (χ3v) is 6.99. The summed E-state index contributed by atoms with van der Waals surface area (Å²) in [6, 6.07) is 9.23. The Balaban J connectivity index is 1.86. The number of esters is 1. The van der Waals surface area contributed by atoms with Gasteiger partial charge in [0.15, 0.2) is 10.8 Å². The number of fused-ring (bicyclic) bond motifs is 1. The van der Waals surface area contributed by atoms with Gasteiger partial charge in [0, 0.05) is 15.5 Å². The first-order valence-electron chi connectivity index (χ1n) is 9.07. The Kier molecular flexibility index (Phi) is 6.40. The lowest BCUT2D eigenvalue weighted by Crippen LogP contribution is -2.34. The van der Waals surface area contributed by atoms with Crippen LogP contribution >= 0.6 is 43.2 Å². The molecule has 160 valence electrons. The number of carbonyl (C=O) groups excluding carboxylic acids is 1. The van der Waals surface area contributed by atoms with Crippen molar-refractivity contribution >= 4 is 65.2 Å². The molecule has 2 heterocycles. The SMILES string of the molecule is COC(=O)C1=C(CBr)NC(c2nc3ccc(OC)cc3s2)=N[C@H]1c1ccc(F)cc1Br. The quantitative estimate of drug-likeness (QED) is 0.342. The van der Waals surface area contributed by atoms with Gasteiger partial charge in [-0.25, -0.2) is 14.2 Å². The van der Waals surface area contributed by atoms with Crippen LogP contribution in [0.3, 0.4) is 0 Å². The minimum Gasteiger partial charge on any atom is -0.497 e. The first-order chi connectivity index (χ1) is 14.9. The molecule has 0 aliphatic carbocycles. The second kappa shape index (κ2) is 9.05. The Hall–Kier alpha value is -2.30. The summed E-state index contributed by atoms with van der Waals surface area (Å²) in [5.41, 5.74) is 2.41. The average Bonchev–Trinajstić information content (AvgIpc) is 3.21. The Labute approximate surface area is 198 Å². The van der Waals surface area contributed by atoms with Gasteiger partial charge in [0.25, 0.3) is 0 Å². The molecule has 1 atom stereocenters. The fourth-order valence-corrected chi connectivity index (χ4v) is 5.20. The van der Waals surface area contributed by atoms with Gasteiger partial charge in [-0.3, -0.25) is 4.99 Å². The van der Waals surface area contributed by atoms with E-state index in [-0.39, 0.29) is 0 Å². The van der Waals surface area contributed by atoms with Crippen LogP contribution in [0.25, 0.3) is 10.2 Å². The van der Waals surface area contributed by atoms with Gasteiger partial charge in [0.1, 0.15) is 17.6 Å². The van der Waals surface area contributed by atoms with E-state index in [1.165, 1.54) is 30.6 Å². The van der Waals surface area contributed by atoms with Crippen LogP contribution in [0.15, 0.2) is 57.1 Å². The van der Waals surface area contributed by atoms with Crippen molar-refractivity contribution in [2.45, 2.75) is 6.04 Å². The van der Waals surface area contributed by atoms with Crippen molar-refractivity contribution < 1.29 is 18.7 Å². The molecule has 1 N–H and O–H groups in total. The first kappa shape index (κ1) is 21.9. The standard InChI is InChI=1S/C21H16Br2FN3O3S/c1-29-11-4-6-14-16(8-11)31-20(26-14)19-25-15(9-22)17(21(28)30-2)18(27-19)12-5-3-10(24)7-13(12)23/h3-8,18H,9H2,1-2H3,(H,25,27)/t18-/m0/s1.